The molecule has 0 aliphatic carbocycles. The van der Waals surface area contributed by atoms with Gasteiger partial charge < -0.3 is 10.2 Å². The van der Waals surface area contributed by atoms with Crippen LogP contribution in [-0.2, 0) is 27.7 Å². The minimum absolute atomic E-state index is 0.0656. The van der Waals surface area contributed by atoms with Crippen molar-refractivity contribution in [3.8, 4) is 0 Å². The molecule has 0 radical (unpaired) electrons. The fraction of sp³-hybridized carbons (Fsp3) is 0.400. The highest BCUT2D eigenvalue weighted by atomic mass is 32.2. The van der Waals surface area contributed by atoms with Crippen LogP contribution in [0.4, 0.5) is 5.82 Å². The van der Waals surface area contributed by atoms with E-state index in [9.17, 15) is 13.2 Å². The number of anilines is 1. The predicted octanol–water partition coefficient (Wildman–Crippen LogP) is 2.16. The van der Waals surface area contributed by atoms with Gasteiger partial charge >= 0.3 is 0 Å². The third kappa shape index (κ3) is 5.53. The summed E-state index contributed by atoms with van der Waals surface area (Å²) in [7, 11) is -0.976. The zero-order valence-corrected chi connectivity index (χ0v) is 16.3. The molecule has 2 aromatic rings. The van der Waals surface area contributed by atoms with Crippen molar-refractivity contribution in [2.75, 3.05) is 23.5 Å². The van der Waals surface area contributed by atoms with Crippen molar-refractivity contribution in [1.29, 1.82) is 0 Å². The molecule has 1 amide bonds. The SMILES string of the molecule is CN(Cc1ccccc1)c1ncccc1CNC(=O)CC1CCS(=O)(=O)C1. The second-order valence-corrected chi connectivity index (χ2v) is 9.31. The van der Waals surface area contributed by atoms with E-state index in [1.165, 1.54) is 5.56 Å². The molecule has 0 spiro atoms. The van der Waals surface area contributed by atoms with Crippen LogP contribution in [0.2, 0.25) is 0 Å². The second kappa shape index (κ2) is 8.52. The van der Waals surface area contributed by atoms with Crippen LogP contribution < -0.4 is 10.2 Å². The van der Waals surface area contributed by atoms with Crippen LogP contribution in [0.3, 0.4) is 0 Å². The smallest absolute Gasteiger partial charge is 0.220 e. The third-order valence-electron chi connectivity index (χ3n) is 4.77. The minimum atomic E-state index is -2.95. The molecule has 1 N–H and O–H groups in total. The first kappa shape index (κ1) is 19.4. The highest BCUT2D eigenvalue weighted by Gasteiger charge is 2.29. The van der Waals surface area contributed by atoms with Gasteiger partial charge in [0.15, 0.2) is 9.84 Å². The van der Waals surface area contributed by atoms with Crippen molar-refractivity contribution in [3.63, 3.8) is 0 Å². The van der Waals surface area contributed by atoms with E-state index in [1.54, 1.807) is 6.20 Å². The van der Waals surface area contributed by atoms with Crippen LogP contribution in [-0.4, -0.2) is 37.9 Å². The topological polar surface area (TPSA) is 79.4 Å². The number of carbonyl (C=O) groups is 1. The highest BCUT2D eigenvalue weighted by molar-refractivity contribution is 7.91. The standard InChI is InChI=1S/C20H25N3O3S/c1-23(14-16-6-3-2-4-7-16)20-18(8-5-10-21-20)13-22-19(24)12-17-9-11-27(25,26)15-17/h2-8,10,17H,9,11-15H2,1H3,(H,22,24). The number of nitrogens with zero attached hydrogens (tertiary/aromatic N) is 2. The molecule has 1 aromatic heterocycles. The summed E-state index contributed by atoms with van der Waals surface area (Å²) in [5.74, 6) is 0.965. The lowest BCUT2D eigenvalue weighted by atomic mass is 10.1. The Bertz CT molecular complexity index is 884. The molecule has 2 heterocycles. The van der Waals surface area contributed by atoms with Crippen LogP contribution in [0.25, 0.3) is 0 Å². The molecule has 1 saturated heterocycles. The average Bonchev–Trinajstić information content (AvgIpc) is 2.99. The van der Waals surface area contributed by atoms with Gasteiger partial charge in [-0.3, -0.25) is 4.79 Å². The molecular weight excluding hydrogens is 362 g/mol. The number of pyridine rings is 1. The third-order valence-corrected chi connectivity index (χ3v) is 6.61. The van der Waals surface area contributed by atoms with Crippen molar-refractivity contribution >= 4 is 21.6 Å². The molecule has 7 heteroatoms. The lowest BCUT2D eigenvalue weighted by Gasteiger charge is -2.21. The molecule has 1 aliphatic rings. The molecule has 3 rings (SSSR count). The molecule has 1 fully saturated rings. The van der Waals surface area contributed by atoms with Gasteiger partial charge in [0.05, 0.1) is 11.5 Å². The Kier molecular flexibility index (Phi) is 6.11. The summed E-state index contributed by atoms with van der Waals surface area (Å²) in [5.41, 5.74) is 2.12. The Labute approximate surface area is 160 Å². The molecule has 1 unspecified atom stereocenters. The zero-order chi connectivity index (χ0) is 19.3. The summed E-state index contributed by atoms with van der Waals surface area (Å²) in [6.07, 6.45) is 2.58. The van der Waals surface area contributed by atoms with Gasteiger partial charge in [-0.1, -0.05) is 36.4 Å². The van der Waals surface area contributed by atoms with Crippen LogP contribution >= 0.6 is 0 Å². The van der Waals surface area contributed by atoms with E-state index < -0.39 is 9.84 Å². The average molecular weight is 388 g/mol. The van der Waals surface area contributed by atoms with Crippen molar-refractivity contribution in [1.82, 2.24) is 10.3 Å². The van der Waals surface area contributed by atoms with E-state index in [-0.39, 0.29) is 29.8 Å². The van der Waals surface area contributed by atoms with Gasteiger partial charge in [0.1, 0.15) is 5.82 Å². The van der Waals surface area contributed by atoms with Gasteiger partial charge in [0.25, 0.3) is 0 Å². The summed E-state index contributed by atoms with van der Waals surface area (Å²) in [4.78, 5) is 18.7. The van der Waals surface area contributed by atoms with Gasteiger partial charge in [-0.05, 0) is 24.0 Å². The summed E-state index contributed by atoms with van der Waals surface area (Å²) >= 11 is 0. The van der Waals surface area contributed by atoms with E-state index in [0.29, 0.717) is 13.0 Å². The van der Waals surface area contributed by atoms with Crippen molar-refractivity contribution in [3.05, 3.63) is 59.8 Å². The molecule has 1 aromatic carbocycles. The number of sulfone groups is 1. The quantitative estimate of drug-likeness (QED) is 0.788. The van der Waals surface area contributed by atoms with Crippen LogP contribution in [0.5, 0.6) is 0 Å². The minimum Gasteiger partial charge on any atom is -0.355 e. The molecule has 0 saturated carbocycles. The molecular formula is C20H25N3O3S. The normalized spacial score (nSPS) is 18.2. The summed E-state index contributed by atoms with van der Waals surface area (Å²) in [5, 5.41) is 2.91. The Balaban J connectivity index is 1.58. The van der Waals surface area contributed by atoms with Crippen LogP contribution in [0.15, 0.2) is 48.7 Å². The number of rotatable bonds is 7. The number of nitrogens with one attached hydrogen (secondary N) is 1. The largest absolute Gasteiger partial charge is 0.355 e. The molecule has 27 heavy (non-hydrogen) atoms. The van der Waals surface area contributed by atoms with E-state index in [4.69, 9.17) is 0 Å². The first-order chi connectivity index (χ1) is 12.9. The van der Waals surface area contributed by atoms with Crippen molar-refractivity contribution in [2.45, 2.75) is 25.9 Å². The maximum atomic E-state index is 12.2. The molecule has 6 nitrogen and oxygen atoms in total. The Morgan fingerprint density at radius 1 is 1.22 bits per heavy atom. The monoisotopic (exact) mass is 387 g/mol. The summed E-state index contributed by atoms with van der Waals surface area (Å²) in [6.45, 7) is 1.10. The van der Waals surface area contributed by atoms with Crippen LogP contribution in [0.1, 0.15) is 24.0 Å². The first-order valence-corrected chi connectivity index (χ1v) is 10.9. The fourth-order valence-electron chi connectivity index (χ4n) is 3.41. The fourth-order valence-corrected chi connectivity index (χ4v) is 5.27. The zero-order valence-electron chi connectivity index (χ0n) is 15.5. The number of carbonyl (C=O) groups excluding carboxylic acids is 1. The van der Waals surface area contributed by atoms with Crippen molar-refractivity contribution in [2.24, 2.45) is 5.92 Å². The number of hydrogen-bond acceptors (Lipinski definition) is 5. The number of hydrogen-bond donors (Lipinski definition) is 1. The summed E-state index contributed by atoms with van der Waals surface area (Å²) < 4.78 is 23.1. The number of amides is 1. The maximum absolute atomic E-state index is 12.2. The van der Waals surface area contributed by atoms with E-state index in [2.05, 4.69) is 27.3 Å². The first-order valence-electron chi connectivity index (χ1n) is 9.09. The second-order valence-electron chi connectivity index (χ2n) is 7.08. The number of benzene rings is 1. The Hall–Kier alpha value is -2.41. The lowest BCUT2D eigenvalue weighted by Crippen LogP contribution is -2.27. The van der Waals surface area contributed by atoms with Gasteiger partial charge in [-0.15, -0.1) is 0 Å². The highest BCUT2D eigenvalue weighted by Crippen LogP contribution is 2.22. The Morgan fingerprint density at radius 2 is 2.00 bits per heavy atom. The maximum Gasteiger partial charge on any atom is 0.220 e. The molecule has 1 aliphatic heterocycles. The lowest BCUT2D eigenvalue weighted by molar-refractivity contribution is -0.122. The van der Waals surface area contributed by atoms with Crippen LogP contribution in [0, 0.1) is 5.92 Å². The molecule has 1 atom stereocenters. The van der Waals surface area contributed by atoms with Gasteiger partial charge in [-0.2, -0.15) is 0 Å². The molecule has 0 bridgehead atoms. The van der Waals surface area contributed by atoms with E-state index in [1.807, 2.05) is 37.4 Å². The predicted molar refractivity (Wildman–Crippen MR) is 106 cm³/mol. The molecule has 144 valence electrons. The van der Waals surface area contributed by atoms with Crippen molar-refractivity contribution < 1.29 is 13.2 Å². The van der Waals surface area contributed by atoms with E-state index >= 15 is 0 Å². The van der Waals surface area contributed by atoms with Gasteiger partial charge in [0, 0.05) is 38.3 Å². The van der Waals surface area contributed by atoms with Gasteiger partial charge in [-0.25, -0.2) is 13.4 Å². The number of aromatic nitrogens is 1. The Morgan fingerprint density at radius 3 is 2.70 bits per heavy atom. The van der Waals surface area contributed by atoms with Gasteiger partial charge in [0.2, 0.25) is 5.91 Å². The van der Waals surface area contributed by atoms with E-state index in [0.717, 1.165) is 17.9 Å². The summed E-state index contributed by atoms with van der Waals surface area (Å²) in [6, 6.07) is 13.9.